The van der Waals surface area contributed by atoms with E-state index in [2.05, 4.69) is 43.3 Å². The van der Waals surface area contributed by atoms with Crippen molar-refractivity contribution in [2.45, 2.75) is 59.4 Å². The summed E-state index contributed by atoms with van der Waals surface area (Å²) in [5, 5.41) is 0. The van der Waals surface area contributed by atoms with Crippen molar-refractivity contribution in [2.24, 2.45) is 0 Å². The van der Waals surface area contributed by atoms with Crippen molar-refractivity contribution >= 4 is 11.0 Å². The molecule has 0 radical (unpaired) electrons. The first kappa shape index (κ1) is 14.0. The lowest BCUT2D eigenvalue weighted by Gasteiger charge is -2.14. The number of aryl methyl sites for hydroxylation is 1. The van der Waals surface area contributed by atoms with Gasteiger partial charge >= 0.3 is 0 Å². The lowest BCUT2D eigenvalue weighted by Crippen LogP contribution is -2.03. The molecule has 1 unspecified atom stereocenters. The summed E-state index contributed by atoms with van der Waals surface area (Å²) in [6.07, 6.45) is 2.20. The fourth-order valence-corrected chi connectivity index (χ4v) is 2.83. The minimum atomic E-state index is -0.196. The van der Waals surface area contributed by atoms with Crippen LogP contribution in [0.25, 0.3) is 11.0 Å². The molecule has 1 heterocycles. The number of imidazole rings is 1. The number of hydrogen-bond donors (Lipinski definition) is 0. The third kappa shape index (κ3) is 2.51. The van der Waals surface area contributed by atoms with E-state index in [1.165, 1.54) is 0 Å². The van der Waals surface area contributed by atoms with Gasteiger partial charge < -0.3 is 4.57 Å². The molecule has 104 valence electrons. The highest BCUT2D eigenvalue weighted by Crippen LogP contribution is 2.29. The van der Waals surface area contributed by atoms with Gasteiger partial charge in [-0.3, -0.25) is 0 Å². The van der Waals surface area contributed by atoms with Crippen LogP contribution in [-0.4, -0.2) is 9.55 Å². The summed E-state index contributed by atoms with van der Waals surface area (Å²) in [6.45, 7) is 10.5. The fraction of sp³-hybridized carbons (Fsp3) is 0.562. The molecule has 0 bridgehead atoms. The summed E-state index contributed by atoms with van der Waals surface area (Å²) < 4.78 is 16.3. The molecule has 2 rings (SSSR count). The van der Waals surface area contributed by atoms with Crippen molar-refractivity contribution < 1.29 is 4.39 Å². The van der Waals surface area contributed by atoms with Gasteiger partial charge in [0.25, 0.3) is 0 Å². The summed E-state index contributed by atoms with van der Waals surface area (Å²) in [5.74, 6) is 1.07. The van der Waals surface area contributed by atoms with Crippen LogP contribution in [0.15, 0.2) is 12.1 Å². The summed E-state index contributed by atoms with van der Waals surface area (Å²) in [6, 6.07) is 4.06. The lowest BCUT2D eigenvalue weighted by atomic mass is 9.96. The zero-order valence-corrected chi connectivity index (χ0v) is 12.5. The Morgan fingerprint density at radius 2 is 1.95 bits per heavy atom. The molecule has 0 amide bonds. The Labute approximate surface area is 114 Å². The van der Waals surface area contributed by atoms with Gasteiger partial charge in [-0.05, 0) is 50.8 Å². The zero-order valence-electron chi connectivity index (χ0n) is 12.5. The van der Waals surface area contributed by atoms with Gasteiger partial charge in [0.05, 0.1) is 5.52 Å². The van der Waals surface area contributed by atoms with Gasteiger partial charge in [-0.25, -0.2) is 9.37 Å². The molecular formula is C16H23FN2. The van der Waals surface area contributed by atoms with E-state index in [9.17, 15) is 4.39 Å². The highest BCUT2D eigenvalue weighted by Gasteiger charge is 2.16. The SMILES string of the molecule is CCCC(C)c1cc(F)c2nc(C)n(C(C)C)c2c1. The average Bonchev–Trinajstić information content (AvgIpc) is 2.66. The van der Waals surface area contributed by atoms with Crippen LogP contribution in [0.3, 0.4) is 0 Å². The van der Waals surface area contributed by atoms with E-state index in [0.29, 0.717) is 17.5 Å². The van der Waals surface area contributed by atoms with Gasteiger partial charge in [-0.15, -0.1) is 0 Å². The summed E-state index contributed by atoms with van der Waals surface area (Å²) in [5.41, 5.74) is 2.50. The van der Waals surface area contributed by atoms with Crippen molar-refractivity contribution in [3.63, 3.8) is 0 Å². The Hall–Kier alpha value is -1.38. The molecule has 3 heteroatoms. The Bertz CT molecular complexity index is 584. The molecular weight excluding hydrogens is 239 g/mol. The second-order valence-corrected chi connectivity index (χ2v) is 5.68. The highest BCUT2D eigenvalue weighted by molar-refractivity contribution is 5.78. The standard InChI is InChI=1S/C16H23FN2/c1-6-7-11(4)13-8-14(17)16-15(9-13)19(10(2)3)12(5)18-16/h8-11H,6-7H2,1-5H3. The Balaban J connectivity index is 2.63. The maximum Gasteiger partial charge on any atom is 0.151 e. The normalized spacial score (nSPS) is 13.4. The molecule has 19 heavy (non-hydrogen) atoms. The minimum absolute atomic E-state index is 0.196. The number of hydrogen-bond acceptors (Lipinski definition) is 1. The van der Waals surface area contributed by atoms with Crippen molar-refractivity contribution in [2.75, 3.05) is 0 Å². The van der Waals surface area contributed by atoms with E-state index >= 15 is 0 Å². The van der Waals surface area contributed by atoms with Gasteiger partial charge in [-0.2, -0.15) is 0 Å². The van der Waals surface area contributed by atoms with E-state index in [1.54, 1.807) is 6.07 Å². The van der Waals surface area contributed by atoms with Gasteiger partial charge in [0.1, 0.15) is 11.3 Å². The summed E-state index contributed by atoms with van der Waals surface area (Å²) in [7, 11) is 0. The van der Waals surface area contributed by atoms with Crippen LogP contribution in [-0.2, 0) is 0 Å². The topological polar surface area (TPSA) is 17.8 Å². The quantitative estimate of drug-likeness (QED) is 0.760. The van der Waals surface area contributed by atoms with Crippen molar-refractivity contribution in [1.82, 2.24) is 9.55 Å². The molecule has 0 saturated heterocycles. The molecule has 0 aliphatic carbocycles. The maximum atomic E-state index is 14.2. The molecule has 0 saturated carbocycles. The molecule has 0 fully saturated rings. The van der Waals surface area contributed by atoms with E-state index in [1.807, 2.05) is 6.92 Å². The molecule has 0 aliphatic heterocycles. The second-order valence-electron chi connectivity index (χ2n) is 5.68. The number of fused-ring (bicyclic) bond motifs is 1. The molecule has 1 aromatic heterocycles. The van der Waals surface area contributed by atoms with Crippen LogP contribution >= 0.6 is 0 Å². The minimum Gasteiger partial charge on any atom is -0.326 e. The van der Waals surface area contributed by atoms with Gasteiger partial charge in [-0.1, -0.05) is 20.3 Å². The first-order chi connectivity index (χ1) is 8.95. The number of benzene rings is 1. The monoisotopic (exact) mass is 262 g/mol. The molecule has 0 N–H and O–H groups in total. The number of rotatable bonds is 4. The van der Waals surface area contributed by atoms with E-state index in [-0.39, 0.29) is 5.82 Å². The molecule has 0 aliphatic rings. The maximum absolute atomic E-state index is 14.2. The summed E-state index contributed by atoms with van der Waals surface area (Å²) >= 11 is 0. The van der Waals surface area contributed by atoms with E-state index < -0.39 is 0 Å². The molecule has 0 spiro atoms. The Morgan fingerprint density at radius 1 is 1.26 bits per heavy atom. The van der Waals surface area contributed by atoms with Gasteiger partial charge in [0.2, 0.25) is 0 Å². The largest absolute Gasteiger partial charge is 0.326 e. The van der Waals surface area contributed by atoms with E-state index in [0.717, 1.165) is 29.7 Å². The molecule has 1 aromatic carbocycles. The Morgan fingerprint density at radius 3 is 2.53 bits per heavy atom. The van der Waals surface area contributed by atoms with Crippen LogP contribution in [0.4, 0.5) is 4.39 Å². The zero-order chi connectivity index (χ0) is 14.2. The van der Waals surface area contributed by atoms with E-state index in [4.69, 9.17) is 0 Å². The van der Waals surface area contributed by atoms with Crippen LogP contribution in [0.2, 0.25) is 0 Å². The molecule has 2 nitrogen and oxygen atoms in total. The second kappa shape index (κ2) is 5.32. The third-order valence-electron chi connectivity index (χ3n) is 3.75. The van der Waals surface area contributed by atoms with Gasteiger partial charge in [0, 0.05) is 6.04 Å². The number of nitrogens with zero attached hydrogens (tertiary/aromatic N) is 2. The molecule has 2 aromatic rings. The Kier molecular flexibility index (Phi) is 3.93. The number of aromatic nitrogens is 2. The predicted octanol–water partition coefficient (Wildman–Crippen LogP) is 4.97. The lowest BCUT2D eigenvalue weighted by molar-refractivity contribution is 0.598. The summed E-state index contributed by atoms with van der Waals surface area (Å²) in [4.78, 5) is 4.37. The first-order valence-corrected chi connectivity index (χ1v) is 7.13. The average molecular weight is 262 g/mol. The van der Waals surface area contributed by atoms with Crippen LogP contribution in [0.5, 0.6) is 0 Å². The van der Waals surface area contributed by atoms with Crippen LogP contribution in [0, 0.1) is 12.7 Å². The fourth-order valence-electron chi connectivity index (χ4n) is 2.83. The van der Waals surface area contributed by atoms with Crippen molar-refractivity contribution in [3.8, 4) is 0 Å². The van der Waals surface area contributed by atoms with Crippen molar-refractivity contribution in [1.29, 1.82) is 0 Å². The highest BCUT2D eigenvalue weighted by atomic mass is 19.1. The van der Waals surface area contributed by atoms with Crippen LogP contribution < -0.4 is 0 Å². The first-order valence-electron chi connectivity index (χ1n) is 7.13. The molecule has 1 atom stereocenters. The smallest absolute Gasteiger partial charge is 0.151 e. The third-order valence-corrected chi connectivity index (χ3v) is 3.75. The van der Waals surface area contributed by atoms with Crippen LogP contribution in [0.1, 0.15) is 63.9 Å². The van der Waals surface area contributed by atoms with Crippen molar-refractivity contribution in [3.05, 3.63) is 29.3 Å². The number of halogens is 1. The van der Waals surface area contributed by atoms with Gasteiger partial charge in [0.15, 0.2) is 5.82 Å². The predicted molar refractivity (Wildman–Crippen MR) is 78.1 cm³/mol.